The van der Waals surface area contributed by atoms with Gasteiger partial charge in [-0.05, 0) is 18.2 Å². The van der Waals surface area contributed by atoms with Gasteiger partial charge in [-0.3, -0.25) is 19.7 Å². The Labute approximate surface area is 145 Å². The van der Waals surface area contributed by atoms with Crippen molar-refractivity contribution >= 4 is 34.2 Å². The van der Waals surface area contributed by atoms with Gasteiger partial charge in [0.1, 0.15) is 5.69 Å². The third-order valence-corrected chi connectivity index (χ3v) is 3.64. The van der Waals surface area contributed by atoms with Crippen LogP contribution in [0, 0.1) is 10.1 Å². The molecule has 2 amide bonds. The third kappa shape index (κ3) is 3.45. The first-order valence-corrected chi connectivity index (χ1v) is 7.44. The van der Waals surface area contributed by atoms with E-state index in [-0.39, 0.29) is 23.6 Å². The Bertz CT molecular complexity index is 1080. The van der Waals surface area contributed by atoms with Crippen molar-refractivity contribution in [2.75, 3.05) is 11.9 Å². The highest BCUT2D eigenvalue weighted by atomic mass is 16.6. The molecule has 0 bridgehead atoms. The van der Waals surface area contributed by atoms with Crippen molar-refractivity contribution in [1.82, 2.24) is 19.9 Å². The molecule has 0 fully saturated rings. The highest BCUT2D eigenvalue weighted by Crippen LogP contribution is 2.15. The number of H-pyrrole nitrogens is 2. The average molecular weight is 358 g/mol. The molecule has 1 aromatic carbocycles. The number of hydrogen-bond donors (Lipinski definition) is 4. The molecule has 26 heavy (non-hydrogen) atoms. The van der Waals surface area contributed by atoms with Gasteiger partial charge >= 0.3 is 5.69 Å². The molecule has 11 nitrogen and oxygen atoms in total. The van der Waals surface area contributed by atoms with Crippen molar-refractivity contribution in [3.63, 3.8) is 0 Å². The van der Waals surface area contributed by atoms with E-state index in [9.17, 15) is 24.5 Å². The van der Waals surface area contributed by atoms with E-state index in [1.165, 1.54) is 17.8 Å². The number of anilines is 1. The number of aromatic amines is 2. The lowest BCUT2D eigenvalue weighted by Gasteiger charge is -2.07. The van der Waals surface area contributed by atoms with Gasteiger partial charge in [-0.1, -0.05) is 0 Å². The molecule has 0 saturated carbocycles. The summed E-state index contributed by atoms with van der Waals surface area (Å²) in [7, 11) is 1.49. The summed E-state index contributed by atoms with van der Waals surface area (Å²) in [5, 5.41) is 15.7. The number of aryl methyl sites for hydroxylation is 1. The SMILES string of the molecule is Cn1cc([N+](=O)[O-])cc1C(=O)NCC(=O)Nc1ccc2[nH]c(=O)[nH]c2c1. The fourth-order valence-electron chi connectivity index (χ4n) is 2.44. The molecule has 2 heterocycles. The predicted octanol–water partition coefficient (Wildman–Crippen LogP) is 0.471. The smallest absolute Gasteiger partial charge is 0.323 e. The van der Waals surface area contributed by atoms with Crippen LogP contribution in [-0.2, 0) is 11.8 Å². The molecule has 134 valence electrons. The normalized spacial score (nSPS) is 10.7. The number of carbonyl (C=O) groups excluding carboxylic acids is 2. The summed E-state index contributed by atoms with van der Waals surface area (Å²) in [6.45, 7) is -0.320. The summed E-state index contributed by atoms with van der Waals surface area (Å²) < 4.78 is 1.31. The second kappa shape index (κ2) is 6.55. The number of hydrogen-bond acceptors (Lipinski definition) is 5. The molecule has 0 aliphatic carbocycles. The Kier molecular flexibility index (Phi) is 4.27. The molecule has 0 spiro atoms. The highest BCUT2D eigenvalue weighted by Gasteiger charge is 2.18. The van der Waals surface area contributed by atoms with E-state index in [2.05, 4.69) is 20.6 Å². The Morgan fingerprint density at radius 3 is 2.65 bits per heavy atom. The fraction of sp³-hybridized carbons (Fsp3) is 0.133. The van der Waals surface area contributed by atoms with Crippen LogP contribution in [0.4, 0.5) is 11.4 Å². The van der Waals surface area contributed by atoms with Crippen molar-refractivity contribution in [2.45, 2.75) is 0 Å². The fourth-order valence-corrected chi connectivity index (χ4v) is 2.44. The minimum Gasteiger partial charge on any atom is -0.342 e. The maximum atomic E-state index is 12.1. The summed E-state index contributed by atoms with van der Waals surface area (Å²) in [6, 6.07) is 5.94. The van der Waals surface area contributed by atoms with Crippen LogP contribution in [0.2, 0.25) is 0 Å². The molecular formula is C15H14N6O5. The number of rotatable bonds is 5. The van der Waals surface area contributed by atoms with E-state index in [1.807, 2.05) is 0 Å². The van der Waals surface area contributed by atoms with Crippen molar-refractivity contribution in [1.29, 1.82) is 0 Å². The van der Waals surface area contributed by atoms with Crippen LogP contribution in [0.25, 0.3) is 11.0 Å². The number of benzene rings is 1. The number of fused-ring (bicyclic) bond motifs is 1. The minimum absolute atomic E-state index is 0.0656. The average Bonchev–Trinajstić information content (AvgIpc) is 3.14. The zero-order valence-corrected chi connectivity index (χ0v) is 13.5. The predicted molar refractivity (Wildman–Crippen MR) is 91.9 cm³/mol. The molecule has 0 unspecified atom stereocenters. The van der Waals surface area contributed by atoms with Gasteiger partial charge in [0.05, 0.1) is 28.7 Å². The topological polar surface area (TPSA) is 155 Å². The van der Waals surface area contributed by atoms with Gasteiger partial charge in [-0.2, -0.15) is 0 Å². The van der Waals surface area contributed by atoms with Gasteiger partial charge < -0.3 is 25.2 Å². The molecule has 0 radical (unpaired) electrons. The number of nitrogens with one attached hydrogen (secondary N) is 4. The molecule has 11 heteroatoms. The van der Waals surface area contributed by atoms with Crippen LogP contribution in [0.1, 0.15) is 10.5 Å². The summed E-state index contributed by atoms with van der Waals surface area (Å²) in [5.41, 5.74) is 1.08. The zero-order chi connectivity index (χ0) is 18.8. The molecule has 3 rings (SSSR count). The third-order valence-electron chi connectivity index (χ3n) is 3.64. The van der Waals surface area contributed by atoms with Crippen LogP contribution in [0.3, 0.4) is 0 Å². The number of aromatic nitrogens is 3. The molecule has 3 aromatic rings. The molecule has 0 atom stereocenters. The second-order valence-corrected chi connectivity index (χ2v) is 5.52. The van der Waals surface area contributed by atoms with Crippen LogP contribution >= 0.6 is 0 Å². The lowest BCUT2D eigenvalue weighted by molar-refractivity contribution is -0.384. The summed E-state index contributed by atoms with van der Waals surface area (Å²) in [6.07, 6.45) is 1.21. The van der Waals surface area contributed by atoms with Crippen molar-refractivity contribution < 1.29 is 14.5 Å². The van der Waals surface area contributed by atoms with Crippen LogP contribution in [0.5, 0.6) is 0 Å². The zero-order valence-electron chi connectivity index (χ0n) is 13.5. The van der Waals surface area contributed by atoms with E-state index in [0.29, 0.717) is 16.7 Å². The van der Waals surface area contributed by atoms with Crippen molar-refractivity contribution in [2.24, 2.45) is 7.05 Å². The van der Waals surface area contributed by atoms with Gasteiger partial charge in [0.25, 0.3) is 11.6 Å². The summed E-state index contributed by atoms with van der Waals surface area (Å²) in [4.78, 5) is 50.5. The van der Waals surface area contributed by atoms with Crippen LogP contribution in [-0.4, -0.2) is 37.8 Å². The monoisotopic (exact) mass is 358 g/mol. The van der Waals surface area contributed by atoms with E-state index >= 15 is 0 Å². The Morgan fingerprint density at radius 1 is 1.23 bits per heavy atom. The molecular weight excluding hydrogens is 344 g/mol. The van der Waals surface area contributed by atoms with E-state index in [1.54, 1.807) is 18.2 Å². The number of nitrogens with zero attached hydrogens (tertiary/aromatic N) is 2. The standard InChI is InChI=1S/C15H14N6O5/c1-20-7-9(21(25)26)5-12(20)14(23)16-6-13(22)17-8-2-3-10-11(4-8)19-15(24)18-10/h2-5,7H,6H2,1H3,(H,16,23)(H,17,22)(H2,18,19,24). The van der Waals surface area contributed by atoms with Crippen LogP contribution in [0.15, 0.2) is 35.3 Å². The number of amides is 2. The first kappa shape index (κ1) is 17.0. The van der Waals surface area contributed by atoms with Crippen LogP contribution < -0.4 is 16.3 Å². The van der Waals surface area contributed by atoms with Gasteiger partial charge in [0, 0.05) is 18.8 Å². The van der Waals surface area contributed by atoms with Gasteiger partial charge in [0.15, 0.2) is 0 Å². The maximum absolute atomic E-state index is 12.1. The minimum atomic E-state index is -0.610. The lowest BCUT2D eigenvalue weighted by Crippen LogP contribution is -2.33. The second-order valence-electron chi connectivity index (χ2n) is 5.52. The van der Waals surface area contributed by atoms with Gasteiger partial charge in [-0.15, -0.1) is 0 Å². The Hall–Kier alpha value is -3.89. The number of nitro groups is 1. The van der Waals surface area contributed by atoms with Crippen molar-refractivity contribution in [3.05, 3.63) is 56.8 Å². The molecule has 0 aliphatic heterocycles. The first-order valence-electron chi connectivity index (χ1n) is 7.44. The van der Waals surface area contributed by atoms with Gasteiger partial charge in [0.2, 0.25) is 5.91 Å². The summed E-state index contributed by atoms with van der Waals surface area (Å²) in [5.74, 6) is -1.10. The van der Waals surface area contributed by atoms with E-state index in [4.69, 9.17) is 0 Å². The van der Waals surface area contributed by atoms with Crippen molar-refractivity contribution in [3.8, 4) is 0 Å². The van der Waals surface area contributed by atoms with E-state index < -0.39 is 16.7 Å². The summed E-state index contributed by atoms with van der Waals surface area (Å²) >= 11 is 0. The molecule has 0 saturated heterocycles. The number of carbonyl (C=O) groups is 2. The number of imidazole rings is 1. The Balaban J connectivity index is 1.61. The molecule has 0 aliphatic rings. The highest BCUT2D eigenvalue weighted by molar-refractivity contribution is 5.99. The molecule has 4 N–H and O–H groups in total. The Morgan fingerprint density at radius 2 is 1.96 bits per heavy atom. The lowest BCUT2D eigenvalue weighted by atomic mass is 10.2. The van der Waals surface area contributed by atoms with E-state index in [0.717, 1.165) is 6.07 Å². The maximum Gasteiger partial charge on any atom is 0.323 e. The first-order chi connectivity index (χ1) is 12.3. The largest absolute Gasteiger partial charge is 0.342 e. The molecule has 2 aromatic heterocycles. The van der Waals surface area contributed by atoms with Gasteiger partial charge in [-0.25, -0.2) is 4.79 Å². The quantitative estimate of drug-likeness (QED) is 0.385.